The van der Waals surface area contributed by atoms with Crippen LogP contribution < -0.4 is 5.32 Å². The molecule has 2 rings (SSSR count). The molecule has 0 fully saturated rings. The molecule has 84 valence electrons. The normalized spacial score (nSPS) is 10.4. The fourth-order valence-electron chi connectivity index (χ4n) is 1.17. The molecule has 7 heteroatoms. The Kier molecular flexibility index (Phi) is 3.68. The molecule has 0 atom stereocenters. The molecule has 0 aliphatic heterocycles. The number of nitrogens with zero attached hydrogens (tertiary/aromatic N) is 4. The lowest BCUT2D eigenvalue weighted by molar-refractivity contribution is 0.989. The van der Waals surface area contributed by atoms with Crippen molar-refractivity contribution in [2.45, 2.75) is 23.2 Å². The Morgan fingerprint density at radius 3 is 2.88 bits per heavy atom. The zero-order valence-corrected chi connectivity index (χ0v) is 10.6. The molecular weight excluding hydrogens is 242 g/mol. The summed E-state index contributed by atoms with van der Waals surface area (Å²) in [7, 11) is 0. The molecule has 2 aromatic heterocycles. The second-order valence-corrected chi connectivity index (χ2v) is 5.01. The van der Waals surface area contributed by atoms with Crippen molar-refractivity contribution in [2.75, 3.05) is 11.9 Å². The van der Waals surface area contributed by atoms with Gasteiger partial charge in [-0.1, -0.05) is 0 Å². The monoisotopic (exact) mass is 253 g/mol. The molecule has 0 aliphatic rings. The number of nitrogens with one attached hydrogen (secondary N) is 1. The van der Waals surface area contributed by atoms with Gasteiger partial charge in [-0.25, -0.2) is 15.0 Å². The van der Waals surface area contributed by atoms with Gasteiger partial charge in [0.2, 0.25) is 0 Å². The molecule has 0 bridgehead atoms. The Morgan fingerprint density at radius 2 is 2.19 bits per heavy atom. The third-order valence-corrected chi connectivity index (χ3v) is 3.73. The van der Waals surface area contributed by atoms with Gasteiger partial charge >= 0.3 is 0 Å². The number of hydrogen-bond acceptors (Lipinski definition) is 7. The van der Waals surface area contributed by atoms with E-state index in [-0.39, 0.29) is 0 Å². The van der Waals surface area contributed by atoms with Crippen LogP contribution in [0, 0.1) is 6.92 Å². The Morgan fingerprint density at radius 1 is 1.31 bits per heavy atom. The number of anilines is 1. The van der Waals surface area contributed by atoms with E-state index in [1.54, 1.807) is 12.7 Å². The van der Waals surface area contributed by atoms with Crippen LogP contribution >= 0.6 is 23.3 Å². The third kappa shape index (κ3) is 2.48. The lowest BCUT2D eigenvalue weighted by Gasteiger charge is -2.08. The summed E-state index contributed by atoms with van der Waals surface area (Å²) < 4.78 is 4.85. The minimum Gasteiger partial charge on any atom is -0.370 e. The highest BCUT2D eigenvalue weighted by Gasteiger charge is 2.09. The van der Waals surface area contributed by atoms with Gasteiger partial charge in [0.05, 0.1) is 0 Å². The number of aromatic nitrogens is 4. The fourth-order valence-corrected chi connectivity index (χ4v) is 2.58. The summed E-state index contributed by atoms with van der Waals surface area (Å²) in [6, 6.07) is 0. The van der Waals surface area contributed by atoms with Crippen molar-refractivity contribution in [2.24, 2.45) is 0 Å². The molecule has 0 amide bonds. The maximum atomic E-state index is 4.25. The Hall–Kier alpha value is -1.21. The minimum absolute atomic E-state index is 0.848. The molecule has 5 nitrogen and oxygen atoms in total. The summed E-state index contributed by atoms with van der Waals surface area (Å²) in [5, 5.41) is 4.12. The fraction of sp³-hybridized carbons (Fsp3) is 0.333. The van der Waals surface area contributed by atoms with Crippen LogP contribution in [0.25, 0.3) is 0 Å². The van der Waals surface area contributed by atoms with Gasteiger partial charge in [-0.15, -0.1) is 0 Å². The zero-order valence-electron chi connectivity index (χ0n) is 8.97. The summed E-state index contributed by atoms with van der Waals surface area (Å²) in [6.45, 7) is 4.89. The first-order chi connectivity index (χ1) is 7.81. The van der Waals surface area contributed by atoms with E-state index in [1.807, 2.05) is 13.8 Å². The Labute approximate surface area is 102 Å². The van der Waals surface area contributed by atoms with Crippen molar-refractivity contribution in [3.8, 4) is 0 Å². The highest BCUT2D eigenvalue weighted by Crippen LogP contribution is 2.30. The van der Waals surface area contributed by atoms with Crippen molar-refractivity contribution in [1.82, 2.24) is 19.3 Å². The van der Waals surface area contributed by atoms with Gasteiger partial charge in [0.1, 0.15) is 23.5 Å². The molecule has 0 radical (unpaired) electrons. The van der Waals surface area contributed by atoms with Gasteiger partial charge in [0.15, 0.2) is 4.34 Å². The molecule has 2 heterocycles. The van der Waals surface area contributed by atoms with E-state index in [4.69, 9.17) is 0 Å². The Bertz CT molecular complexity index is 457. The van der Waals surface area contributed by atoms with Crippen molar-refractivity contribution >= 4 is 29.1 Å². The van der Waals surface area contributed by atoms with Crippen LogP contribution in [0.1, 0.15) is 12.5 Å². The molecular formula is C9H11N5S2. The second-order valence-electron chi connectivity index (χ2n) is 2.99. The summed E-state index contributed by atoms with van der Waals surface area (Å²) in [4.78, 5) is 12.6. The van der Waals surface area contributed by atoms with Crippen molar-refractivity contribution in [1.29, 1.82) is 0 Å². The summed E-state index contributed by atoms with van der Waals surface area (Å²) in [6.07, 6.45) is 3.11. The van der Waals surface area contributed by atoms with Crippen LogP contribution in [0.3, 0.4) is 0 Å². The predicted molar refractivity (Wildman–Crippen MR) is 65.0 cm³/mol. The average molecular weight is 253 g/mol. The highest BCUT2D eigenvalue weighted by atomic mass is 32.2. The Balaban J connectivity index is 2.24. The third-order valence-electron chi connectivity index (χ3n) is 1.91. The van der Waals surface area contributed by atoms with E-state index in [9.17, 15) is 0 Å². The lowest BCUT2D eigenvalue weighted by Crippen LogP contribution is -2.03. The summed E-state index contributed by atoms with van der Waals surface area (Å²) in [5.41, 5.74) is 1.05. The van der Waals surface area contributed by atoms with Gasteiger partial charge in [0, 0.05) is 12.1 Å². The topological polar surface area (TPSA) is 63.6 Å². The van der Waals surface area contributed by atoms with Crippen LogP contribution in [0.4, 0.5) is 5.82 Å². The minimum atomic E-state index is 0.848. The van der Waals surface area contributed by atoms with E-state index in [2.05, 4.69) is 24.6 Å². The van der Waals surface area contributed by atoms with Crippen LogP contribution in [-0.4, -0.2) is 25.9 Å². The van der Waals surface area contributed by atoms with Crippen LogP contribution in [0.2, 0.25) is 0 Å². The van der Waals surface area contributed by atoms with Crippen molar-refractivity contribution in [3.05, 3.63) is 18.2 Å². The first-order valence-electron chi connectivity index (χ1n) is 4.81. The van der Waals surface area contributed by atoms with Crippen LogP contribution in [-0.2, 0) is 0 Å². The summed E-state index contributed by atoms with van der Waals surface area (Å²) in [5.74, 6) is 0.879. The van der Waals surface area contributed by atoms with Gasteiger partial charge in [0.25, 0.3) is 0 Å². The smallest absolute Gasteiger partial charge is 0.176 e. The van der Waals surface area contributed by atoms with E-state index < -0.39 is 0 Å². The van der Waals surface area contributed by atoms with Crippen LogP contribution in [0.15, 0.2) is 22.0 Å². The lowest BCUT2D eigenvalue weighted by atomic mass is 10.3. The molecule has 0 saturated carbocycles. The molecule has 0 unspecified atom stereocenters. The van der Waals surface area contributed by atoms with Gasteiger partial charge < -0.3 is 5.32 Å². The van der Waals surface area contributed by atoms with E-state index in [0.29, 0.717) is 0 Å². The van der Waals surface area contributed by atoms with Crippen molar-refractivity contribution < 1.29 is 0 Å². The maximum Gasteiger partial charge on any atom is 0.176 e. The largest absolute Gasteiger partial charge is 0.370 e. The first-order valence-corrected chi connectivity index (χ1v) is 6.40. The SMILES string of the molecule is CCNc1ncnc(Sc2ncns2)c1C. The van der Waals surface area contributed by atoms with Gasteiger partial charge in [-0.3, -0.25) is 0 Å². The average Bonchev–Trinajstić information content (AvgIpc) is 2.77. The molecule has 1 N–H and O–H groups in total. The molecule has 0 aromatic carbocycles. The number of rotatable bonds is 4. The highest BCUT2D eigenvalue weighted by molar-refractivity contribution is 8.00. The maximum absolute atomic E-state index is 4.25. The van der Waals surface area contributed by atoms with Gasteiger partial charge in [-0.05, 0) is 37.1 Å². The van der Waals surface area contributed by atoms with Crippen molar-refractivity contribution in [3.63, 3.8) is 0 Å². The van der Waals surface area contributed by atoms with Gasteiger partial charge in [-0.2, -0.15) is 4.37 Å². The molecule has 0 spiro atoms. The van der Waals surface area contributed by atoms with E-state index >= 15 is 0 Å². The number of hydrogen-bond donors (Lipinski definition) is 1. The molecule has 16 heavy (non-hydrogen) atoms. The quantitative estimate of drug-likeness (QED) is 0.843. The summed E-state index contributed by atoms with van der Waals surface area (Å²) >= 11 is 2.88. The van der Waals surface area contributed by atoms with E-state index in [0.717, 1.165) is 27.3 Å². The van der Waals surface area contributed by atoms with Crippen LogP contribution in [0.5, 0.6) is 0 Å². The molecule has 2 aromatic rings. The molecule has 0 aliphatic carbocycles. The zero-order chi connectivity index (χ0) is 11.4. The predicted octanol–water partition coefficient (Wildman–Crippen LogP) is 2.22. The second kappa shape index (κ2) is 5.22. The first kappa shape index (κ1) is 11.3. The van der Waals surface area contributed by atoms with E-state index in [1.165, 1.54) is 23.3 Å². The molecule has 0 saturated heterocycles. The standard InChI is InChI=1S/C9H11N5S2/c1-3-10-7-6(2)8(12-4-11-7)15-9-13-5-14-16-9/h4-5H,3H2,1-2H3,(H,10,11,12).